The van der Waals surface area contributed by atoms with E-state index in [0.29, 0.717) is 52.1 Å². The summed E-state index contributed by atoms with van der Waals surface area (Å²) in [5.74, 6) is -0.925. The number of aliphatic imine (C=N–C) groups is 2. The molecule has 40 heavy (non-hydrogen) atoms. The molecule has 2 heterocycles. The van der Waals surface area contributed by atoms with Crippen LogP contribution in [0.3, 0.4) is 0 Å². The minimum absolute atomic E-state index is 0.0299. The Bertz CT molecular complexity index is 1630. The van der Waals surface area contributed by atoms with Gasteiger partial charge in [0.05, 0.1) is 13.1 Å². The average Bonchev–Trinajstić information content (AvgIpc) is 3.54. The number of hydrogen-bond acceptors (Lipinski definition) is 5. The Balaban J connectivity index is 1.42. The molecule has 0 saturated heterocycles. The molecule has 12 N–H and O–H groups in total. The van der Waals surface area contributed by atoms with E-state index in [9.17, 15) is 14.4 Å². The molecule has 4 aromatic rings. The third kappa shape index (κ3) is 6.66. The molecular weight excluding hydrogens is 514 g/mol. The van der Waals surface area contributed by atoms with Gasteiger partial charge in [-0.3, -0.25) is 24.4 Å². The Morgan fingerprint density at radius 2 is 1.48 bits per heavy atom. The first-order chi connectivity index (χ1) is 19.1. The smallest absolute Gasteiger partial charge is 0.272 e. The lowest BCUT2D eigenvalue weighted by molar-refractivity contribution is 0.0798. The highest BCUT2D eigenvalue weighted by atomic mass is 16.2. The van der Waals surface area contributed by atoms with E-state index in [2.05, 4.69) is 30.6 Å². The van der Waals surface area contributed by atoms with Crippen molar-refractivity contribution in [2.45, 2.75) is 0 Å². The third-order valence-corrected chi connectivity index (χ3v) is 6.01. The van der Waals surface area contributed by atoms with Crippen LogP contribution in [0.5, 0.6) is 0 Å². The first-order valence-electron chi connectivity index (χ1n) is 12.3. The number of guanidine groups is 2. The Kier molecular flexibility index (Phi) is 8.18. The van der Waals surface area contributed by atoms with E-state index in [0.717, 1.165) is 5.39 Å². The van der Waals surface area contributed by atoms with Gasteiger partial charge in [-0.05, 0) is 42.5 Å². The highest BCUT2D eigenvalue weighted by Gasteiger charge is 2.15. The molecule has 0 unspecified atom stereocenters. The minimum Gasteiger partial charge on any atom is -0.370 e. The van der Waals surface area contributed by atoms with Crippen molar-refractivity contribution in [3.05, 3.63) is 65.5 Å². The average molecular weight is 546 g/mol. The maximum atomic E-state index is 13.0. The van der Waals surface area contributed by atoms with Crippen molar-refractivity contribution in [1.29, 1.82) is 0 Å². The number of nitrogens with one attached hydrogen (secondary N) is 4. The minimum atomic E-state index is -0.359. The zero-order valence-electron chi connectivity index (χ0n) is 21.8. The van der Waals surface area contributed by atoms with Crippen molar-refractivity contribution in [1.82, 2.24) is 20.2 Å². The lowest BCUT2D eigenvalue weighted by atomic mass is 10.1. The van der Waals surface area contributed by atoms with Gasteiger partial charge in [0.2, 0.25) is 0 Å². The van der Waals surface area contributed by atoms with Crippen LogP contribution in [0.2, 0.25) is 0 Å². The van der Waals surface area contributed by atoms with E-state index in [1.54, 1.807) is 55.6 Å². The topological polar surface area (TPSA) is 239 Å². The van der Waals surface area contributed by atoms with Crippen LogP contribution in [-0.4, -0.2) is 77.7 Å². The van der Waals surface area contributed by atoms with Crippen molar-refractivity contribution < 1.29 is 14.4 Å². The van der Waals surface area contributed by atoms with Gasteiger partial charge in [-0.15, -0.1) is 0 Å². The number of carbonyl (C=O) groups excluding carboxylic acids is 3. The quantitative estimate of drug-likeness (QED) is 0.0784. The van der Waals surface area contributed by atoms with Crippen LogP contribution in [0.4, 0.5) is 5.69 Å². The summed E-state index contributed by atoms with van der Waals surface area (Å²) in [5, 5.41) is 7.10. The van der Waals surface area contributed by atoms with Crippen LogP contribution in [0, 0.1) is 0 Å². The van der Waals surface area contributed by atoms with E-state index in [1.165, 1.54) is 4.90 Å². The zero-order valence-corrected chi connectivity index (χ0v) is 21.8. The number of H-pyrrole nitrogens is 2. The van der Waals surface area contributed by atoms with Crippen LogP contribution < -0.4 is 33.6 Å². The highest BCUT2D eigenvalue weighted by Crippen LogP contribution is 2.22. The second kappa shape index (κ2) is 11.9. The van der Waals surface area contributed by atoms with Crippen LogP contribution in [0.1, 0.15) is 31.3 Å². The second-order valence-corrected chi connectivity index (χ2v) is 9.02. The summed E-state index contributed by atoms with van der Waals surface area (Å²) in [5.41, 5.74) is 24.3. The summed E-state index contributed by atoms with van der Waals surface area (Å²) in [4.78, 5) is 53.5. The van der Waals surface area contributed by atoms with Gasteiger partial charge in [0, 0.05) is 53.2 Å². The number of nitrogens with zero attached hydrogens (tertiary/aromatic N) is 3. The summed E-state index contributed by atoms with van der Waals surface area (Å²) in [7, 11) is 1.66. The summed E-state index contributed by atoms with van der Waals surface area (Å²) in [6.45, 7) is 1.20. The van der Waals surface area contributed by atoms with E-state index < -0.39 is 0 Å². The zero-order chi connectivity index (χ0) is 28.8. The van der Waals surface area contributed by atoms with Gasteiger partial charge in [0.25, 0.3) is 17.7 Å². The summed E-state index contributed by atoms with van der Waals surface area (Å²) in [6.07, 6.45) is 0. The molecule has 0 saturated carbocycles. The van der Waals surface area contributed by atoms with Crippen LogP contribution in [0.25, 0.3) is 21.8 Å². The SMILES string of the molecule is CN(CCN=C(N)N)C(=O)c1ccc2[nH]c(C(=O)Nc3ccc4cc(C(=O)NCCN=C(N)N)[nH]c4c3)cc2c1. The number of hydrogen-bond donors (Lipinski definition) is 8. The van der Waals surface area contributed by atoms with Crippen molar-refractivity contribution in [3.63, 3.8) is 0 Å². The van der Waals surface area contributed by atoms with Gasteiger partial charge < -0.3 is 48.4 Å². The Hall–Kier alpha value is -5.53. The molecule has 0 aliphatic rings. The molecular formula is C26H31N11O3. The molecule has 0 spiro atoms. The number of likely N-dealkylation sites (N-methyl/N-ethyl adjacent to an activating group) is 1. The maximum absolute atomic E-state index is 13.0. The Labute approximate surface area is 228 Å². The largest absolute Gasteiger partial charge is 0.370 e. The highest BCUT2D eigenvalue weighted by molar-refractivity contribution is 6.08. The molecule has 3 amide bonds. The maximum Gasteiger partial charge on any atom is 0.272 e. The van der Waals surface area contributed by atoms with Gasteiger partial charge >= 0.3 is 0 Å². The predicted molar refractivity (Wildman–Crippen MR) is 155 cm³/mol. The van der Waals surface area contributed by atoms with E-state index in [-0.39, 0.29) is 42.7 Å². The molecule has 14 heteroatoms. The fourth-order valence-corrected chi connectivity index (χ4v) is 4.01. The molecule has 2 aromatic heterocycles. The molecule has 0 radical (unpaired) electrons. The van der Waals surface area contributed by atoms with Crippen molar-refractivity contribution in [2.75, 3.05) is 38.5 Å². The molecule has 14 nitrogen and oxygen atoms in total. The van der Waals surface area contributed by atoms with E-state index in [4.69, 9.17) is 22.9 Å². The summed E-state index contributed by atoms with van der Waals surface area (Å²) >= 11 is 0. The van der Waals surface area contributed by atoms with Gasteiger partial charge in [-0.25, -0.2) is 0 Å². The third-order valence-electron chi connectivity index (χ3n) is 6.01. The number of benzene rings is 2. The number of aromatic nitrogens is 2. The standard InChI is InChI=1S/C26H31N11O3/c1-37(9-8-33-26(29)30)24(40)15-3-5-18-16(10-15)12-21(35-18)23(39)34-17-4-2-14-11-20(36-19(14)13-17)22(38)31-6-7-32-25(27)28/h2-5,10-13,35-36H,6-9H2,1H3,(H,31,38)(H,34,39)(H4,27,28,32)(H4,29,30,33). The molecule has 0 aliphatic carbocycles. The number of fused-ring (bicyclic) bond motifs is 2. The summed E-state index contributed by atoms with van der Waals surface area (Å²) in [6, 6.07) is 13.8. The molecule has 0 fully saturated rings. The number of nitrogens with two attached hydrogens (primary N) is 4. The van der Waals surface area contributed by atoms with Crippen molar-refractivity contribution in [3.8, 4) is 0 Å². The van der Waals surface area contributed by atoms with Crippen LogP contribution in [0.15, 0.2) is 58.5 Å². The second-order valence-electron chi connectivity index (χ2n) is 9.02. The van der Waals surface area contributed by atoms with Crippen molar-refractivity contribution >= 4 is 57.1 Å². The first-order valence-corrected chi connectivity index (χ1v) is 12.3. The van der Waals surface area contributed by atoms with Gasteiger partial charge in [-0.1, -0.05) is 6.07 Å². The molecule has 208 valence electrons. The molecule has 2 aromatic carbocycles. The lowest BCUT2D eigenvalue weighted by Gasteiger charge is -2.16. The van der Waals surface area contributed by atoms with Crippen LogP contribution >= 0.6 is 0 Å². The molecule has 4 rings (SSSR count). The van der Waals surface area contributed by atoms with Gasteiger partial charge in [0.15, 0.2) is 11.9 Å². The van der Waals surface area contributed by atoms with E-state index in [1.807, 2.05) is 0 Å². The molecule has 0 atom stereocenters. The number of aromatic amines is 2. The van der Waals surface area contributed by atoms with Crippen LogP contribution in [-0.2, 0) is 0 Å². The number of rotatable bonds is 10. The first kappa shape index (κ1) is 27.5. The summed E-state index contributed by atoms with van der Waals surface area (Å²) < 4.78 is 0. The number of anilines is 1. The molecule has 0 bridgehead atoms. The normalized spacial score (nSPS) is 10.7. The van der Waals surface area contributed by atoms with Gasteiger partial charge in [0.1, 0.15) is 11.4 Å². The number of amides is 3. The molecule has 0 aliphatic heterocycles. The fourth-order valence-electron chi connectivity index (χ4n) is 4.01. The Morgan fingerprint density at radius 3 is 2.23 bits per heavy atom. The van der Waals surface area contributed by atoms with E-state index >= 15 is 0 Å². The number of carbonyl (C=O) groups is 3. The predicted octanol–water partition coefficient (Wildman–Crippen LogP) is 0.250. The fraction of sp³-hybridized carbons (Fsp3) is 0.192. The van der Waals surface area contributed by atoms with Crippen molar-refractivity contribution in [2.24, 2.45) is 32.9 Å². The van der Waals surface area contributed by atoms with Gasteiger partial charge in [-0.2, -0.15) is 0 Å². The Morgan fingerprint density at radius 1 is 0.800 bits per heavy atom. The lowest BCUT2D eigenvalue weighted by Crippen LogP contribution is -2.30. The monoisotopic (exact) mass is 545 g/mol.